The van der Waals surface area contributed by atoms with Gasteiger partial charge >= 0.3 is 0 Å². The first-order valence-corrected chi connectivity index (χ1v) is 25.7. The Labute approximate surface area is 346 Å². The van der Waals surface area contributed by atoms with Gasteiger partial charge < -0.3 is 15.5 Å². The van der Waals surface area contributed by atoms with Crippen LogP contribution in [-0.4, -0.2) is 34.9 Å². The molecule has 2 unspecified atom stereocenters. The Balaban J connectivity index is 3.35. The maximum atomic E-state index is 12.4. The molecule has 0 fully saturated rings. The predicted molar refractivity (Wildman–Crippen MR) is 244 cm³/mol. The summed E-state index contributed by atoms with van der Waals surface area (Å²) in [6, 6.07) is -0.529. The van der Waals surface area contributed by atoms with Crippen LogP contribution in [-0.2, 0) is 4.79 Å². The molecule has 0 saturated heterocycles. The maximum Gasteiger partial charge on any atom is 0.220 e. The highest BCUT2D eigenvalue weighted by atomic mass is 16.3. The van der Waals surface area contributed by atoms with Crippen LogP contribution in [0.3, 0.4) is 0 Å². The number of unbranched alkanes of at least 4 members (excludes halogenated alkanes) is 41. The first-order chi connectivity index (χ1) is 27.2. The minimum absolute atomic E-state index is 0.0248. The second-order valence-electron chi connectivity index (χ2n) is 18.0. The van der Waals surface area contributed by atoms with Gasteiger partial charge in [0.25, 0.3) is 0 Å². The molecule has 0 rings (SSSR count). The summed E-state index contributed by atoms with van der Waals surface area (Å²) in [6.45, 7) is 4.38. The summed E-state index contributed by atoms with van der Waals surface area (Å²) in [6.07, 6.45) is 59.4. The summed E-state index contributed by atoms with van der Waals surface area (Å²) in [7, 11) is 0. The van der Waals surface area contributed by atoms with Gasteiger partial charge in [-0.2, -0.15) is 0 Å². The number of rotatable bonds is 48. The van der Waals surface area contributed by atoms with Crippen molar-refractivity contribution in [2.45, 2.75) is 315 Å². The quantitative estimate of drug-likeness (QED) is 0.0539. The van der Waals surface area contributed by atoms with Gasteiger partial charge in [-0.25, -0.2) is 0 Å². The van der Waals surface area contributed by atoms with Crippen LogP contribution in [0.4, 0.5) is 0 Å². The Morgan fingerprint density at radius 1 is 0.364 bits per heavy atom. The summed E-state index contributed by atoms with van der Waals surface area (Å²) in [5.41, 5.74) is 0. The third kappa shape index (κ3) is 44.3. The highest BCUT2D eigenvalue weighted by Gasteiger charge is 2.20. The zero-order valence-corrected chi connectivity index (χ0v) is 38.0. The van der Waals surface area contributed by atoms with Gasteiger partial charge in [0.15, 0.2) is 0 Å². The van der Waals surface area contributed by atoms with Crippen LogP contribution in [0.15, 0.2) is 0 Å². The highest BCUT2D eigenvalue weighted by Crippen LogP contribution is 2.18. The van der Waals surface area contributed by atoms with E-state index in [-0.39, 0.29) is 12.5 Å². The van der Waals surface area contributed by atoms with E-state index < -0.39 is 12.1 Å². The number of nitrogens with one attached hydrogen (secondary N) is 1. The van der Waals surface area contributed by atoms with Gasteiger partial charge in [0.2, 0.25) is 5.91 Å². The van der Waals surface area contributed by atoms with Gasteiger partial charge in [-0.15, -0.1) is 0 Å². The third-order valence-corrected chi connectivity index (χ3v) is 12.4. The van der Waals surface area contributed by atoms with Crippen molar-refractivity contribution >= 4 is 5.91 Å². The molecule has 0 aliphatic carbocycles. The Kier molecular flexibility index (Phi) is 47.2. The van der Waals surface area contributed by atoms with Crippen molar-refractivity contribution in [1.29, 1.82) is 0 Å². The molecular weight excluding hydrogens is 675 g/mol. The molecule has 0 radical (unpaired) electrons. The summed E-state index contributed by atoms with van der Waals surface area (Å²) in [5.74, 6) is -0.0248. The van der Waals surface area contributed by atoms with Gasteiger partial charge in [0.05, 0.1) is 18.8 Å². The average molecular weight is 778 g/mol. The van der Waals surface area contributed by atoms with E-state index in [1.54, 1.807) is 0 Å². The lowest BCUT2D eigenvalue weighted by Gasteiger charge is -2.22. The van der Waals surface area contributed by atoms with Crippen molar-refractivity contribution in [2.75, 3.05) is 6.61 Å². The Bertz CT molecular complexity index is 714. The zero-order valence-electron chi connectivity index (χ0n) is 38.0. The van der Waals surface area contributed by atoms with Crippen LogP contribution in [0.1, 0.15) is 303 Å². The largest absolute Gasteiger partial charge is 0.394 e. The van der Waals surface area contributed by atoms with Crippen LogP contribution in [0.25, 0.3) is 0 Å². The van der Waals surface area contributed by atoms with Crippen LogP contribution in [0.2, 0.25) is 0 Å². The summed E-state index contributed by atoms with van der Waals surface area (Å²) >= 11 is 0. The Morgan fingerprint density at radius 2 is 0.582 bits per heavy atom. The topological polar surface area (TPSA) is 69.6 Å². The number of aliphatic hydroxyl groups is 2. The highest BCUT2D eigenvalue weighted by molar-refractivity contribution is 5.76. The zero-order chi connectivity index (χ0) is 40.0. The van der Waals surface area contributed by atoms with E-state index in [2.05, 4.69) is 19.2 Å². The van der Waals surface area contributed by atoms with Gasteiger partial charge in [-0.3, -0.25) is 4.79 Å². The lowest BCUT2D eigenvalue weighted by molar-refractivity contribution is -0.123. The van der Waals surface area contributed by atoms with Crippen molar-refractivity contribution in [3.63, 3.8) is 0 Å². The van der Waals surface area contributed by atoms with Gasteiger partial charge in [-0.05, 0) is 12.8 Å². The lowest BCUT2D eigenvalue weighted by atomic mass is 10.0. The maximum absolute atomic E-state index is 12.4. The molecule has 4 nitrogen and oxygen atoms in total. The van der Waals surface area contributed by atoms with Crippen LogP contribution in [0, 0.1) is 0 Å². The summed E-state index contributed by atoms with van der Waals surface area (Å²) < 4.78 is 0. The second kappa shape index (κ2) is 47.8. The number of hydrogen-bond acceptors (Lipinski definition) is 3. The monoisotopic (exact) mass is 778 g/mol. The fourth-order valence-corrected chi connectivity index (χ4v) is 8.42. The predicted octanol–water partition coefficient (Wildman–Crippen LogP) is 16.4. The number of carbonyl (C=O) groups is 1. The molecular formula is C51H103NO3. The molecule has 330 valence electrons. The second-order valence-corrected chi connectivity index (χ2v) is 18.0. The summed E-state index contributed by atoms with van der Waals surface area (Å²) in [4.78, 5) is 12.4. The molecule has 2 atom stereocenters. The van der Waals surface area contributed by atoms with Crippen molar-refractivity contribution in [3.05, 3.63) is 0 Å². The van der Waals surface area contributed by atoms with Gasteiger partial charge in [0, 0.05) is 6.42 Å². The lowest BCUT2D eigenvalue weighted by Crippen LogP contribution is -2.45. The van der Waals surface area contributed by atoms with Crippen molar-refractivity contribution < 1.29 is 15.0 Å². The Morgan fingerprint density at radius 3 is 0.818 bits per heavy atom. The third-order valence-electron chi connectivity index (χ3n) is 12.4. The van der Waals surface area contributed by atoms with E-state index in [0.717, 1.165) is 25.7 Å². The van der Waals surface area contributed by atoms with Crippen LogP contribution >= 0.6 is 0 Å². The minimum Gasteiger partial charge on any atom is -0.394 e. The molecule has 0 aliphatic heterocycles. The first kappa shape index (κ1) is 54.4. The van der Waals surface area contributed by atoms with E-state index in [9.17, 15) is 15.0 Å². The molecule has 0 aromatic carbocycles. The van der Waals surface area contributed by atoms with Crippen molar-refractivity contribution in [2.24, 2.45) is 0 Å². The standard InChI is InChI=1S/C51H103NO3/c1-3-5-7-9-11-13-15-17-18-19-20-21-22-23-24-25-26-27-28-29-30-31-32-33-34-35-37-39-41-43-45-47-51(55)52-49(48-53)50(54)46-44-42-40-38-36-16-14-12-10-8-6-4-2/h49-50,53-54H,3-48H2,1-2H3,(H,52,55). The normalized spacial score (nSPS) is 12.7. The molecule has 1 amide bonds. The summed E-state index contributed by atoms with van der Waals surface area (Å²) in [5, 5.41) is 23.2. The molecule has 3 N–H and O–H groups in total. The first-order valence-electron chi connectivity index (χ1n) is 25.7. The molecule has 0 heterocycles. The number of amides is 1. The molecule has 0 saturated carbocycles. The fraction of sp³-hybridized carbons (Fsp3) is 0.980. The molecule has 4 heteroatoms. The smallest absolute Gasteiger partial charge is 0.220 e. The minimum atomic E-state index is -0.652. The van der Waals surface area contributed by atoms with E-state index >= 15 is 0 Å². The van der Waals surface area contributed by atoms with E-state index in [1.807, 2.05) is 0 Å². The van der Waals surface area contributed by atoms with Crippen molar-refractivity contribution in [1.82, 2.24) is 5.32 Å². The molecule has 0 aromatic heterocycles. The van der Waals surface area contributed by atoms with Crippen LogP contribution in [0.5, 0.6) is 0 Å². The SMILES string of the molecule is CCCCCCCCCCCCCCCCCCCCCCCCCCCCCCCCCC(=O)NC(CO)C(O)CCCCCCCCCCCCCC. The fourth-order valence-electron chi connectivity index (χ4n) is 8.42. The van der Waals surface area contributed by atoms with Crippen molar-refractivity contribution in [3.8, 4) is 0 Å². The van der Waals surface area contributed by atoms with Gasteiger partial charge in [0.1, 0.15) is 0 Å². The number of aliphatic hydroxyl groups excluding tert-OH is 2. The van der Waals surface area contributed by atoms with E-state index in [0.29, 0.717) is 12.8 Å². The average Bonchev–Trinajstić information content (AvgIpc) is 3.19. The van der Waals surface area contributed by atoms with Crippen LogP contribution < -0.4 is 5.32 Å². The number of carbonyl (C=O) groups excluding carboxylic acids is 1. The molecule has 55 heavy (non-hydrogen) atoms. The molecule has 0 aliphatic rings. The van der Waals surface area contributed by atoms with Gasteiger partial charge in [-0.1, -0.05) is 284 Å². The molecule has 0 spiro atoms. The molecule has 0 aromatic rings. The van der Waals surface area contributed by atoms with E-state index in [1.165, 1.54) is 250 Å². The number of hydrogen-bond donors (Lipinski definition) is 3. The molecule has 0 bridgehead atoms. The Hall–Kier alpha value is -0.610. The van der Waals surface area contributed by atoms with E-state index in [4.69, 9.17) is 0 Å².